The number of carbonyl (C=O) groups is 2. The van der Waals surface area contributed by atoms with Crippen LogP contribution in [0.15, 0.2) is 40.9 Å². The molecule has 7 heteroatoms. The first-order valence-electron chi connectivity index (χ1n) is 7.87. The molecule has 0 spiro atoms. The standard InChI is InChI=1S/C19H18BrNO5/c1-21-14-6-5-12(20)9-13(14)19(24,18(21)23)10-15(22)11-4-7-16(25-2)17(8-11)26-3/h4-9,24H,10H2,1-3H3/t19-/m1/s1. The van der Waals surface area contributed by atoms with Crippen molar-refractivity contribution in [2.45, 2.75) is 12.0 Å². The van der Waals surface area contributed by atoms with Gasteiger partial charge in [0, 0.05) is 22.6 Å². The highest BCUT2D eigenvalue weighted by Crippen LogP contribution is 2.43. The Hall–Kier alpha value is -2.38. The van der Waals surface area contributed by atoms with Gasteiger partial charge < -0.3 is 19.5 Å². The molecule has 2 aromatic rings. The summed E-state index contributed by atoms with van der Waals surface area (Å²) in [5.74, 6) is -0.000444. The number of hydrogen-bond acceptors (Lipinski definition) is 5. The number of Topliss-reactive ketones (excluding diaryl/α,β-unsaturated/α-hetero) is 1. The minimum atomic E-state index is -1.90. The van der Waals surface area contributed by atoms with E-state index in [4.69, 9.17) is 9.47 Å². The van der Waals surface area contributed by atoms with E-state index in [9.17, 15) is 14.7 Å². The molecular formula is C19H18BrNO5. The Balaban J connectivity index is 1.97. The topological polar surface area (TPSA) is 76.1 Å². The summed E-state index contributed by atoms with van der Waals surface area (Å²) in [5, 5.41) is 11.1. The zero-order valence-electron chi connectivity index (χ0n) is 14.6. The van der Waals surface area contributed by atoms with Crippen molar-refractivity contribution in [2.75, 3.05) is 26.2 Å². The number of ketones is 1. The molecule has 0 aromatic heterocycles. The van der Waals surface area contributed by atoms with E-state index in [1.54, 1.807) is 37.4 Å². The predicted molar refractivity (Wildman–Crippen MR) is 99.9 cm³/mol. The Morgan fingerprint density at radius 2 is 1.85 bits per heavy atom. The number of ether oxygens (including phenoxy) is 2. The molecule has 3 rings (SSSR count). The van der Waals surface area contributed by atoms with Gasteiger partial charge in [-0.2, -0.15) is 0 Å². The molecule has 2 aromatic carbocycles. The minimum Gasteiger partial charge on any atom is -0.493 e. The van der Waals surface area contributed by atoms with Gasteiger partial charge in [0.25, 0.3) is 5.91 Å². The number of nitrogens with zero attached hydrogens (tertiary/aromatic N) is 1. The minimum absolute atomic E-state index is 0.329. The van der Waals surface area contributed by atoms with Gasteiger partial charge in [-0.3, -0.25) is 9.59 Å². The van der Waals surface area contributed by atoms with Crippen LogP contribution in [-0.4, -0.2) is 38.1 Å². The molecule has 1 N–H and O–H groups in total. The number of aliphatic hydroxyl groups is 1. The Morgan fingerprint density at radius 3 is 2.50 bits per heavy atom. The molecule has 6 nitrogen and oxygen atoms in total. The molecular weight excluding hydrogens is 402 g/mol. The molecule has 1 aliphatic rings. The van der Waals surface area contributed by atoms with Crippen molar-refractivity contribution in [1.82, 2.24) is 0 Å². The molecule has 0 unspecified atom stereocenters. The number of rotatable bonds is 5. The maximum atomic E-state index is 12.8. The second-order valence-corrected chi connectivity index (χ2v) is 6.97. The Bertz CT molecular complexity index is 897. The predicted octanol–water partition coefficient (Wildman–Crippen LogP) is 2.90. The van der Waals surface area contributed by atoms with Crippen LogP contribution in [0, 0.1) is 0 Å². The summed E-state index contributed by atoms with van der Waals surface area (Å²) < 4.78 is 11.1. The second kappa shape index (κ2) is 6.74. The van der Waals surface area contributed by atoms with E-state index in [1.807, 2.05) is 0 Å². The van der Waals surface area contributed by atoms with Gasteiger partial charge in [0.1, 0.15) is 0 Å². The van der Waals surface area contributed by atoms with Crippen LogP contribution in [0.3, 0.4) is 0 Å². The van der Waals surface area contributed by atoms with Gasteiger partial charge in [0.05, 0.1) is 26.3 Å². The first-order valence-corrected chi connectivity index (χ1v) is 8.67. The summed E-state index contributed by atoms with van der Waals surface area (Å²) in [5.41, 5.74) is -0.582. The number of anilines is 1. The zero-order valence-corrected chi connectivity index (χ0v) is 16.2. The maximum Gasteiger partial charge on any atom is 0.263 e. The number of methoxy groups -OCH3 is 2. The summed E-state index contributed by atoms with van der Waals surface area (Å²) in [7, 11) is 4.56. The summed E-state index contributed by atoms with van der Waals surface area (Å²) in [4.78, 5) is 26.8. The van der Waals surface area contributed by atoms with Gasteiger partial charge in [0.15, 0.2) is 22.9 Å². The van der Waals surface area contributed by atoms with Gasteiger partial charge in [-0.1, -0.05) is 15.9 Å². The highest BCUT2D eigenvalue weighted by atomic mass is 79.9. The molecule has 0 radical (unpaired) electrons. The van der Waals surface area contributed by atoms with Crippen molar-refractivity contribution < 1.29 is 24.2 Å². The van der Waals surface area contributed by atoms with E-state index in [-0.39, 0.29) is 12.2 Å². The largest absolute Gasteiger partial charge is 0.493 e. The fraction of sp³-hybridized carbons (Fsp3) is 0.263. The Kier molecular flexibility index (Phi) is 4.77. The van der Waals surface area contributed by atoms with E-state index in [2.05, 4.69) is 15.9 Å². The van der Waals surface area contributed by atoms with Crippen LogP contribution >= 0.6 is 15.9 Å². The number of carbonyl (C=O) groups excluding carboxylic acids is 2. The van der Waals surface area contributed by atoms with Crippen molar-refractivity contribution in [2.24, 2.45) is 0 Å². The summed E-state index contributed by atoms with van der Waals surface area (Å²) in [6.45, 7) is 0. The van der Waals surface area contributed by atoms with E-state index in [0.29, 0.717) is 28.3 Å². The number of halogens is 1. The van der Waals surface area contributed by atoms with Gasteiger partial charge >= 0.3 is 0 Å². The first-order chi connectivity index (χ1) is 12.3. The monoisotopic (exact) mass is 419 g/mol. The molecule has 0 bridgehead atoms. The average Bonchev–Trinajstić information content (AvgIpc) is 2.82. The third kappa shape index (κ3) is 2.87. The lowest BCUT2D eigenvalue weighted by molar-refractivity contribution is -0.135. The number of benzene rings is 2. The van der Waals surface area contributed by atoms with Crippen molar-refractivity contribution in [1.29, 1.82) is 0 Å². The van der Waals surface area contributed by atoms with Crippen LogP contribution in [0.25, 0.3) is 0 Å². The molecule has 1 heterocycles. The van der Waals surface area contributed by atoms with Crippen LogP contribution in [0.1, 0.15) is 22.3 Å². The summed E-state index contributed by atoms with van der Waals surface area (Å²) in [6, 6.07) is 9.91. The number of amides is 1. The molecule has 1 atom stereocenters. The first kappa shape index (κ1) is 18.4. The van der Waals surface area contributed by atoms with Gasteiger partial charge in [-0.25, -0.2) is 0 Å². The Labute approximate surface area is 159 Å². The van der Waals surface area contributed by atoms with Crippen LogP contribution in [0.2, 0.25) is 0 Å². The summed E-state index contributed by atoms with van der Waals surface area (Å²) >= 11 is 3.35. The molecule has 0 saturated heterocycles. The van der Waals surface area contributed by atoms with Crippen LogP contribution in [0.5, 0.6) is 11.5 Å². The van der Waals surface area contributed by atoms with E-state index in [0.717, 1.165) is 4.47 Å². The van der Waals surface area contributed by atoms with Crippen molar-refractivity contribution in [3.05, 3.63) is 52.0 Å². The number of likely N-dealkylation sites (N-methyl/N-ethyl adjacent to an activating group) is 1. The molecule has 0 saturated carbocycles. The fourth-order valence-corrected chi connectivity index (χ4v) is 3.51. The molecule has 1 amide bonds. The van der Waals surface area contributed by atoms with Crippen LogP contribution in [-0.2, 0) is 10.4 Å². The average molecular weight is 420 g/mol. The normalized spacial score (nSPS) is 18.7. The van der Waals surface area contributed by atoms with Crippen molar-refractivity contribution in [3.63, 3.8) is 0 Å². The third-order valence-electron chi connectivity index (χ3n) is 4.55. The fourth-order valence-electron chi connectivity index (χ4n) is 3.15. The smallest absolute Gasteiger partial charge is 0.263 e. The van der Waals surface area contributed by atoms with Crippen LogP contribution in [0.4, 0.5) is 5.69 Å². The number of hydrogen-bond donors (Lipinski definition) is 1. The summed E-state index contributed by atoms with van der Waals surface area (Å²) in [6.07, 6.45) is -0.366. The van der Waals surface area contributed by atoms with Gasteiger partial charge in [-0.05, 0) is 36.4 Å². The molecule has 136 valence electrons. The van der Waals surface area contributed by atoms with Gasteiger partial charge in [-0.15, -0.1) is 0 Å². The van der Waals surface area contributed by atoms with Crippen LogP contribution < -0.4 is 14.4 Å². The van der Waals surface area contributed by atoms with Gasteiger partial charge in [0.2, 0.25) is 0 Å². The van der Waals surface area contributed by atoms with Crippen molar-refractivity contribution in [3.8, 4) is 11.5 Å². The maximum absolute atomic E-state index is 12.8. The zero-order chi connectivity index (χ0) is 19.1. The third-order valence-corrected chi connectivity index (χ3v) is 5.04. The second-order valence-electron chi connectivity index (χ2n) is 6.06. The molecule has 26 heavy (non-hydrogen) atoms. The SMILES string of the molecule is COc1ccc(C(=O)C[C@]2(O)C(=O)N(C)c3ccc(Br)cc32)cc1OC. The van der Waals surface area contributed by atoms with E-state index in [1.165, 1.54) is 25.2 Å². The lowest BCUT2D eigenvalue weighted by atomic mass is 9.88. The number of fused-ring (bicyclic) bond motifs is 1. The van der Waals surface area contributed by atoms with E-state index < -0.39 is 11.5 Å². The highest BCUT2D eigenvalue weighted by molar-refractivity contribution is 9.10. The lowest BCUT2D eigenvalue weighted by Gasteiger charge is -2.21. The van der Waals surface area contributed by atoms with E-state index >= 15 is 0 Å². The van der Waals surface area contributed by atoms with Crippen molar-refractivity contribution >= 4 is 33.3 Å². The Morgan fingerprint density at radius 1 is 1.15 bits per heavy atom. The molecule has 0 fully saturated rings. The molecule has 0 aliphatic carbocycles. The molecule has 1 aliphatic heterocycles. The lowest BCUT2D eigenvalue weighted by Crippen LogP contribution is -2.40. The quantitative estimate of drug-likeness (QED) is 0.753. The highest BCUT2D eigenvalue weighted by Gasteiger charge is 2.49.